The number of anilines is 2. The number of carbonyl (C=O) groups excluding carboxylic acids is 1. The minimum Gasteiger partial charge on any atom is -0.338 e. The fourth-order valence-corrected chi connectivity index (χ4v) is 3.87. The molecule has 8 nitrogen and oxygen atoms in total. The summed E-state index contributed by atoms with van der Waals surface area (Å²) in [4.78, 5) is 28.2. The van der Waals surface area contributed by atoms with Gasteiger partial charge in [0, 0.05) is 55.4 Å². The molecule has 1 aliphatic heterocycles. The normalized spacial score (nSPS) is 16.6. The lowest BCUT2D eigenvalue weighted by Gasteiger charge is -2.32. The summed E-state index contributed by atoms with van der Waals surface area (Å²) < 4.78 is 1.74. The Morgan fingerprint density at radius 2 is 1.97 bits per heavy atom. The number of nitrogens with zero attached hydrogens (tertiary/aromatic N) is 6. The molecule has 4 rings (SSSR count). The second kappa shape index (κ2) is 9.07. The Bertz CT molecular complexity index is 1080. The lowest BCUT2D eigenvalue weighted by atomic mass is 9.94. The molecule has 1 N–H and O–H groups in total. The van der Waals surface area contributed by atoms with Gasteiger partial charge in [0.2, 0.25) is 11.9 Å². The zero-order valence-corrected chi connectivity index (χ0v) is 18.1. The van der Waals surface area contributed by atoms with E-state index in [1.165, 1.54) is 0 Å². The van der Waals surface area contributed by atoms with Gasteiger partial charge in [-0.15, -0.1) is 0 Å². The van der Waals surface area contributed by atoms with E-state index in [1.54, 1.807) is 17.0 Å². The third-order valence-electron chi connectivity index (χ3n) is 5.40. The van der Waals surface area contributed by atoms with E-state index in [1.807, 2.05) is 62.2 Å². The van der Waals surface area contributed by atoms with Gasteiger partial charge in [-0.3, -0.25) is 9.48 Å². The van der Waals surface area contributed by atoms with Gasteiger partial charge in [0.05, 0.1) is 5.69 Å². The third-order valence-corrected chi connectivity index (χ3v) is 5.40. The molecule has 4 heterocycles. The molecule has 0 aliphatic carbocycles. The Hall–Kier alpha value is -3.55. The SMILES string of the molecule is Cc1cc(C)nc(Nc2cccc([C@@H]3CCCN(C(=O)/C=C/c4ccnn4C)C3)n2)n1. The summed E-state index contributed by atoms with van der Waals surface area (Å²) in [6, 6.07) is 9.73. The van der Waals surface area contributed by atoms with E-state index >= 15 is 0 Å². The van der Waals surface area contributed by atoms with Crippen molar-refractivity contribution in [2.24, 2.45) is 7.05 Å². The number of aryl methyl sites for hydroxylation is 3. The number of hydrogen-bond donors (Lipinski definition) is 1. The molecule has 0 unspecified atom stereocenters. The van der Waals surface area contributed by atoms with Crippen LogP contribution in [0, 0.1) is 13.8 Å². The largest absolute Gasteiger partial charge is 0.338 e. The molecule has 1 amide bonds. The number of carbonyl (C=O) groups is 1. The summed E-state index contributed by atoms with van der Waals surface area (Å²) in [5, 5.41) is 7.33. The van der Waals surface area contributed by atoms with E-state index < -0.39 is 0 Å². The minimum atomic E-state index is 0.0174. The third kappa shape index (κ3) is 5.14. The number of pyridine rings is 1. The van der Waals surface area contributed by atoms with Gasteiger partial charge in [0.25, 0.3) is 0 Å². The highest BCUT2D eigenvalue weighted by molar-refractivity contribution is 5.91. The van der Waals surface area contributed by atoms with Crippen LogP contribution in [0.3, 0.4) is 0 Å². The van der Waals surface area contributed by atoms with Gasteiger partial charge in [0.15, 0.2) is 0 Å². The van der Waals surface area contributed by atoms with Gasteiger partial charge in [-0.1, -0.05) is 6.07 Å². The second-order valence-electron chi connectivity index (χ2n) is 7.88. The van der Waals surface area contributed by atoms with Gasteiger partial charge in [0.1, 0.15) is 5.82 Å². The van der Waals surface area contributed by atoms with E-state index in [0.29, 0.717) is 18.3 Å². The molecule has 0 saturated carbocycles. The summed E-state index contributed by atoms with van der Waals surface area (Å²) in [6.07, 6.45) is 7.12. The Morgan fingerprint density at radius 3 is 2.71 bits per heavy atom. The van der Waals surface area contributed by atoms with Crippen molar-refractivity contribution >= 4 is 23.7 Å². The van der Waals surface area contributed by atoms with Crippen molar-refractivity contribution in [3.05, 3.63) is 65.4 Å². The minimum absolute atomic E-state index is 0.0174. The average molecular weight is 418 g/mol. The molecular formula is C23H27N7O. The topological polar surface area (TPSA) is 88.8 Å². The molecule has 0 aromatic carbocycles. The lowest BCUT2D eigenvalue weighted by Crippen LogP contribution is -2.38. The first-order valence-corrected chi connectivity index (χ1v) is 10.5. The van der Waals surface area contributed by atoms with Gasteiger partial charge in [-0.25, -0.2) is 15.0 Å². The Kier molecular flexibility index (Phi) is 6.06. The van der Waals surface area contributed by atoms with Crippen molar-refractivity contribution in [1.82, 2.24) is 29.6 Å². The maximum absolute atomic E-state index is 12.7. The summed E-state index contributed by atoms with van der Waals surface area (Å²) in [7, 11) is 1.86. The van der Waals surface area contributed by atoms with Gasteiger partial charge in [-0.2, -0.15) is 5.10 Å². The molecule has 1 aliphatic rings. The molecule has 3 aromatic heterocycles. The van der Waals surface area contributed by atoms with Crippen LogP contribution in [0.5, 0.6) is 0 Å². The molecule has 3 aromatic rings. The molecule has 0 bridgehead atoms. The number of amides is 1. The number of likely N-dealkylation sites (tertiary alicyclic amines) is 1. The summed E-state index contributed by atoms with van der Waals surface area (Å²) >= 11 is 0. The lowest BCUT2D eigenvalue weighted by molar-refractivity contribution is -0.127. The molecule has 1 fully saturated rings. The quantitative estimate of drug-likeness (QED) is 0.640. The van der Waals surface area contributed by atoms with Crippen LogP contribution in [0.1, 0.15) is 41.5 Å². The number of aromatic nitrogens is 5. The van der Waals surface area contributed by atoms with E-state index in [0.717, 1.165) is 42.2 Å². The maximum atomic E-state index is 12.7. The Morgan fingerprint density at radius 1 is 1.16 bits per heavy atom. The standard InChI is InChI=1S/C23H27N7O/c1-16-14-17(2)26-23(25-16)28-21-8-4-7-20(27-21)18-6-5-13-30(15-18)22(31)10-9-19-11-12-24-29(19)3/h4,7-12,14,18H,5-6,13,15H2,1-3H3,(H,25,26,27,28)/b10-9+/t18-/m1/s1. The molecule has 1 saturated heterocycles. The van der Waals surface area contributed by atoms with E-state index in [2.05, 4.69) is 20.4 Å². The van der Waals surface area contributed by atoms with Crippen LogP contribution in [0.4, 0.5) is 11.8 Å². The van der Waals surface area contributed by atoms with E-state index in [4.69, 9.17) is 4.98 Å². The fourth-order valence-electron chi connectivity index (χ4n) is 3.87. The second-order valence-corrected chi connectivity index (χ2v) is 7.88. The van der Waals surface area contributed by atoms with Crippen molar-refractivity contribution in [2.45, 2.75) is 32.6 Å². The number of piperidine rings is 1. The summed E-state index contributed by atoms with van der Waals surface area (Å²) in [5.74, 6) is 1.47. The highest BCUT2D eigenvalue weighted by Crippen LogP contribution is 2.27. The highest BCUT2D eigenvalue weighted by Gasteiger charge is 2.24. The first-order chi connectivity index (χ1) is 15.0. The fraction of sp³-hybridized carbons (Fsp3) is 0.348. The van der Waals surface area contributed by atoms with Crippen LogP contribution in [-0.4, -0.2) is 48.6 Å². The first kappa shape index (κ1) is 20.7. The van der Waals surface area contributed by atoms with Crippen molar-refractivity contribution in [2.75, 3.05) is 18.4 Å². The van der Waals surface area contributed by atoms with Crippen LogP contribution in [0.25, 0.3) is 6.08 Å². The summed E-state index contributed by atoms with van der Waals surface area (Å²) in [5.41, 5.74) is 3.69. The monoisotopic (exact) mass is 417 g/mol. The Balaban J connectivity index is 1.44. The van der Waals surface area contributed by atoms with Gasteiger partial charge < -0.3 is 10.2 Å². The number of nitrogens with one attached hydrogen (secondary N) is 1. The van der Waals surface area contributed by atoms with Crippen molar-refractivity contribution in [3.63, 3.8) is 0 Å². The number of hydrogen-bond acceptors (Lipinski definition) is 6. The van der Waals surface area contributed by atoms with Crippen LogP contribution in [-0.2, 0) is 11.8 Å². The molecule has 0 spiro atoms. The van der Waals surface area contributed by atoms with Crippen molar-refractivity contribution in [1.29, 1.82) is 0 Å². The molecular weight excluding hydrogens is 390 g/mol. The molecule has 31 heavy (non-hydrogen) atoms. The zero-order valence-electron chi connectivity index (χ0n) is 18.1. The average Bonchev–Trinajstić information content (AvgIpc) is 3.16. The van der Waals surface area contributed by atoms with Crippen LogP contribution in [0.2, 0.25) is 0 Å². The highest BCUT2D eigenvalue weighted by atomic mass is 16.2. The van der Waals surface area contributed by atoms with Crippen LogP contribution in [0.15, 0.2) is 42.6 Å². The van der Waals surface area contributed by atoms with Gasteiger partial charge >= 0.3 is 0 Å². The van der Waals surface area contributed by atoms with Gasteiger partial charge in [-0.05, 0) is 57.0 Å². The van der Waals surface area contributed by atoms with Crippen molar-refractivity contribution in [3.8, 4) is 0 Å². The van der Waals surface area contributed by atoms with E-state index in [-0.39, 0.29) is 11.8 Å². The summed E-state index contributed by atoms with van der Waals surface area (Å²) in [6.45, 7) is 5.31. The van der Waals surface area contributed by atoms with E-state index in [9.17, 15) is 4.79 Å². The smallest absolute Gasteiger partial charge is 0.246 e. The van der Waals surface area contributed by atoms with Crippen LogP contribution < -0.4 is 5.32 Å². The Labute approximate surface area is 182 Å². The molecule has 160 valence electrons. The molecule has 1 atom stereocenters. The predicted octanol–water partition coefficient (Wildman–Crippen LogP) is 3.38. The molecule has 8 heteroatoms. The zero-order chi connectivity index (χ0) is 21.8. The first-order valence-electron chi connectivity index (χ1n) is 10.5. The van der Waals surface area contributed by atoms with Crippen LogP contribution >= 0.6 is 0 Å². The maximum Gasteiger partial charge on any atom is 0.246 e. The number of rotatable bonds is 5. The molecule has 0 radical (unpaired) electrons. The van der Waals surface area contributed by atoms with Crippen molar-refractivity contribution < 1.29 is 4.79 Å². The predicted molar refractivity (Wildman–Crippen MR) is 120 cm³/mol.